The number of likely N-dealkylation sites (tertiary alicyclic amines) is 1. The molecule has 1 aliphatic rings. The van der Waals surface area contributed by atoms with Crippen molar-refractivity contribution in [3.05, 3.63) is 53.6 Å². The Morgan fingerprint density at radius 1 is 1.33 bits per heavy atom. The maximum absolute atomic E-state index is 12.8. The van der Waals surface area contributed by atoms with Crippen LogP contribution in [0.3, 0.4) is 0 Å². The summed E-state index contributed by atoms with van der Waals surface area (Å²) >= 11 is 0. The fourth-order valence-corrected chi connectivity index (χ4v) is 3.15. The lowest BCUT2D eigenvalue weighted by molar-refractivity contribution is -0.137. The maximum Gasteiger partial charge on any atom is 0.416 e. The summed E-state index contributed by atoms with van der Waals surface area (Å²) in [4.78, 5) is 18.6. The van der Waals surface area contributed by atoms with Gasteiger partial charge in [-0.1, -0.05) is 6.07 Å². The van der Waals surface area contributed by atoms with Crippen molar-refractivity contribution in [3.63, 3.8) is 0 Å². The molecule has 3 rings (SSSR count). The zero-order valence-corrected chi connectivity index (χ0v) is 13.3. The first-order valence-electron chi connectivity index (χ1n) is 7.80. The van der Waals surface area contributed by atoms with Crippen LogP contribution in [0.15, 0.2) is 36.7 Å². The molecule has 1 saturated heterocycles. The summed E-state index contributed by atoms with van der Waals surface area (Å²) in [5.74, 6) is 0.644. The first-order chi connectivity index (χ1) is 11.4. The Morgan fingerprint density at radius 2 is 2.12 bits per heavy atom. The van der Waals surface area contributed by atoms with Gasteiger partial charge in [0.05, 0.1) is 5.56 Å². The van der Waals surface area contributed by atoms with Crippen molar-refractivity contribution < 1.29 is 18.0 Å². The maximum atomic E-state index is 12.8. The molecule has 4 nitrogen and oxygen atoms in total. The SMILES string of the molecule is Cn1ccnc1[C@@H]1CCCN(C(=O)c2cccc(C(F)(F)F)c2)C1. The molecule has 1 aliphatic heterocycles. The minimum atomic E-state index is -4.45. The van der Waals surface area contributed by atoms with Crippen LogP contribution in [0.2, 0.25) is 0 Å². The number of aryl methyl sites for hydroxylation is 1. The number of aromatic nitrogens is 2. The minimum Gasteiger partial charge on any atom is -0.338 e. The third kappa shape index (κ3) is 3.29. The Balaban J connectivity index is 1.79. The van der Waals surface area contributed by atoms with Gasteiger partial charge in [0.1, 0.15) is 5.82 Å². The number of hydrogen-bond acceptors (Lipinski definition) is 2. The van der Waals surface area contributed by atoms with Crippen molar-refractivity contribution in [2.24, 2.45) is 7.05 Å². The second kappa shape index (κ2) is 6.30. The van der Waals surface area contributed by atoms with Crippen LogP contribution in [0.4, 0.5) is 13.2 Å². The Labute approximate surface area is 137 Å². The van der Waals surface area contributed by atoms with Gasteiger partial charge in [0.15, 0.2) is 0 Å². The topological polar surface area (TPSA) is 38.1 Å². The molecular weight excluding hydrogens is 319 g/mol. The summed E-state index contributed by atoms with van der Waals surface area (Å²) in [6.07, 6.45) is 0.832. The lowest BCUT2D eigenvalue weighted by Gasteiger charge is -2.32. The molecule has 0 radical (unpaired) electrons. The van der Waals surface area contributed by atoms with Crippen molar-refractivity contribution in [1.29, 1.82) is 0 Å². The number of benzene rings is 1. The number of amides is 1. The zero-order valence-electron chi connectivity index (χ0n) is 13.3. The fourth-order valence-electron chi connectivity index (χ4n) is 3.15. The predicted molar refractivity (Wildman–Crippen MR) is 82.5 cm³/mol. The first-order valence-corrected chi connectivity index (χ1v) is 7.80. The third-order valence-corrected chi connectivity index (χ3v) is 4.37. The molecule has 24 heavy (non-hydrogen) atoms. The molecule has 1 amide bonds. The monoisotopic (exact) mass is 337 g/mol. The van der Waals surface area contributed by atoms with Crippen molar-refractivity contribution >= 4 is 5.91 Å². The number of hydrogen-bond donors (Lipinski definition) is 0. The smallest absolute Gasteiger partial charge is 0.338 e. The fraction of sp³-hybridized carbons (Fsp3) is 0.412. The number of imidazole rings is 1. The zero-order chi connectivity index (χ0) is 17.3. The van der Waals surface area contributed by atoms with E-state index in [4.69, 9.17) is 0 Å². The highest BCUT2D eigenvalue weighted by molar-refractivity contribution is 5.94. The Bertz CT molecular complexity index is 739. The normalized spacial score (nSPS) is 18.7. The number of nitrogens with zero attached hydrogens (tertiary/aromatic N) is 3. The van der Waals surface area contributed by atoms with Crippen molar-refractivity contribution in [1.82, 2.24) is 14.5 Å². The van der Waals surface area contributed by atoms with E-state index in [2.05, 4.69) is 4.98 Å². The molecule has 2 heterocycles. The third-order valence-electron chi connectivity index (χ3n) is 4.37. The van der Waals surface area contributed by atoms with Gasteiger partial charge in [0, 0.05) is 44.0 Å². The summed E-state index contributed by atoms with van der Waals surface area (Å²) in [6.45, 7) is 1.02. The van der Waals surface area contributed by atoms with Gasteiger partial charge in [-0.2, -0.15) is 13.2 Å². The van der Waals surface area contributed by atoms with E-state index in [1.807, 2.05) is 17.8 Å². The van der Waals surface area contributed by atoms with E-state index in [1.165, 1.54) is 12.1 Å². The van der Waals surface area contributed by atoms with Crippen molar-refractivity contribution in [3.8, 4) is 0 Å². The van der Waals surface area contributed by atoms with E-state index < -0.39 is 11.7 Å². The van der Waals surface area contributed by atoms with Crippen molar-refractivity contribution in [2.45, 2.75) is 24.9 Å². The average molecular weight is 337 g/mol. The van der Waals surface area contributed by atoms with Gasteiger partial charge in [-0.3, -0.25) is 4.79 Å². The average Bonchev–Trinajstić information content (AvgIpc) is 3.00. The second-order valence-corrected chi connectivity index (χ2v) is 6.07. The van der Waals surface area contributed by atoms with Gasteiger partial charge in [-0.15, -0.1) is 0 Å². The van der Waals surface area contributed by atoms with Crippen LogP contribution in [0.1, 0.15) is 40.5 Å². The van der Waals surface area contributed by atoms with E-state index in [9.17, 15) is 18.0 Å². The molecule has 0 N–H and O–H groups in total. The molecule has 128 valence electrons. The van der Waals surface area contributed by atoms with Gasteiger partial charge in [0.25, 0.3) is 5.91 Å². The van der Waals surface area contributed by atoms with Crippen LogP contribution in [0, 0.1) is 0 Å². The molecule has 1 fully saturated rings. The summed E-state index contributed by atoms with van der Waals surface area (Å²) in [7, 11) is 1.90. The predicted octanol–water partition coefficient (Wildman–Crippen LogP) is 3.46. The minimum absolute atomic E-state index is 0.0744. The number of rotatable bonds is 2. The largest absolute Gasteiger partial charge is 0.416 e. The Hall–Kier alpha value is -2.31. The van der Waals surface area contributed by atoms with Gasteiger partial charge >= 0.3 is 6.18 Å². The molecule has 1 aromatic carbocycles. The van der Waals surface area contributed by atoms with Crippen LogP contribution in [0.25, 0.3) is 0 Å². The van der Waals surface area contributed by atoms with Gasteiger partial charge in [0.2, 0.25) is 0 Å². The molecule has 0 bridgehead atoms. The van der Waals surface area contributed by atoms with E-state index in [0.717, 1.165) is 30.8 Å². The summed E-state index contributed by atoms with van der Waals surface area (Å²) in [5, 5.41) is 0. The standard InChI is InChI=1S/C17H18F3N3O/c1-22-9-7-21-15(22)13-5-3-8-23(11-13)16(24)12-4-2-6-14(10-12)17(18,19)20/h2,4,6-7,9-10,13H,3,5,8,11H2,1H3/t13-/m1/s1. The van der Waals surface area contributed by atoms with Crippen LogP contribution in [-0.4, -0.2) is 33.4 Å². The lowest BCUT2D eigenvalue weighted by Crippen LogP contribution is -2.39. The Kier molecular flexibility index (Phi) is 4.34. The number of piperidine rings is 1. The van der Waals surface area contributed by atoms with Crippen LogP contribution < -0.4 is 0 Å². The molecule has 7 heteroatoms. The van der Waals surface area contributed by atoms with E-state index in [1.54, 1.807) is 11.1 Å². The van der Waals surface area contributed by atoms with E-state index >= 15 is 0 Å². The first kappa shape index (κ1) is 16.5. The van der Waals surface area contributed by atoms with Gasteiger partial charge in [-0.25, -0.2) is 4.98 Å². The molecule has 1 atom stereocenters. The molecular formula is C17H18F3N3O. The van der Waals surface area contributed by atoms with E-state index in [0.29, 0.717) is 13.1 Å². The number of carbonyl (C=O) groups excluding carboxylic acids is 1. The highest BCUT2D eigenvalue weighted by Gasteiger charge is 2.32. The molecule has 0 spiro atoms. The Morgan fingerprint density at radius 3 is 2.79 bits per heavy atom. The highest BCUT2D eigenvalue weighted by atomic mass is 19.4. The van der Waals surface area contributed by atoms with E-state index in [-0.39, 0.29) is 17.4 Å². The van der Waals surface area contributed by atoms with Crippen LogP contribution in [-0.2, 0) is 13.2 Å². The van der Waals surface area contributed by atoms with Crippen LogP contribution >= 0.6 is 0 Å². The number of alkyl halides is 3. The number of halogens is 3. The number of carbonyl (C=O) groups is 1. The van der Waals surface area contributed by atoms with Gasteiger partial charge in [-0.05, 0) is 31.0 Å². The highest BCUT2D eigenvalue weighted by Crippen LogP contribution is 2.31. The quantitative estimate of drug-likeness (QED) is 0.842. The molecule has 1 aromatic heterocycles. The molecule has 0 unspecified atom stereocenters. The summed E-state index contributed by atoms with van der Waals surface area (Å²) in [5.41, 5.74) is -0.726. The molecule has 2 aromatic rings. The lowest BCUT2D eigenvalue weighted by atomic mass is 9.96. The molecule has 0 saturated carbocycles. The summed E-state index contributed by atoms with van der Waals surface area (Å²) in [6, 6.07) is 4.61. The van der Waals surface area contributed by atoms with Crippen LogP contribution in [0.5, 0.6) is 0 Å². The summed E-state index contributed by atoms with van der Waals surface area (Å²) < 4.78 is 40.4. The van der Waals surface area contributed by atoms with Gasteiger partial charge < -0.3 is 9.47 Å². The second-order valence-electron chi connectivity index (χ2n) is 6.07. The van der Waals surface area contributed by atoms with Crippen molar-refractivity contribution in [2.75, 3.05) is 13.1 Å². The molecule has 0 aliphatic carbocycles.